The van der Waals surface area contributed by atoms with E-state index in [-0.39, 0.29) is 6.04 Å². The van der Waals surface area contributed by atoms with Gasteiger partial charge in [0.2, 0.25) is 0 Å². The number of hydrogen-bond donors (Lipinski definition) is 1. The molecule has 114 valence electrons. The molecule has 0 radical (unpaired) electrons. The van der Waals surface area contributed by atoms with Gasteiger partial charge in [0.25, 0.3) is 0 Å². The Labute approximate surface area is 134 Å². The Kier molecular flexibility index (Phi) is 5.06. The molecule has 4 nitrogen and oxygen atoms in total. The molecule has 0 aliphatic heterocycles. The Morgan fingerprint density at radius 1 is 1.43 bits per heavy atom. The summed E-state index contributed by atoms with van der Waals surface area (Å²) in [5.74, 6) is 0.835. The van der Waals surface area contributed by atoms with Crippen LogP contribution >= 0.6 is 15.9 Å². The van der Waals surface area contributed by atoms with Crippen molar-refractivity contribution in [3.05, 3.63) is 45.2 Å². The minimum absolute atomic E-state index is 0.0546. The van der Waals surface area contributed by atoms with E-state index in [2.05, 4.69) is 40.9 Å². The van der Waals surface area contributed by atoms with Crippen LogP contribution in [-0.2, 0) is 20.1 Å². The lowest BCUT2D eigenvalue weighted by Crippen LogP contribution is -2.10. The summed E-state index contributed by atoms with van der Waals surface area (Å²) >= 11 is 3.61. The maximum atomic E-state index is 6.03. The van der Waals surface area contributed by atoms with Crippen LogP contribution in [-0.4, -0.2) is 9.78 Å². The fourth-order valence-electron chi connectivity index (χ4n) is 2.28. The van der Waals surface area contributed by atoms with Gasteiger partial charge in [-0.05, 0) is 42.3 Å². The van der Waals surface area contributed by atoms with Gasteiger partial charge in [0.05, 0.1) is 15.9 Å². The van der Waals surface area contributed by atoms with E-state index in [0.717, 1.165) is 33.6 Å². The van der Waals surface area contributed by atoms with Gasteiger partial charge in [-0.25, -0.2) is 0 Å². The first kappa shape index (κ1) is 16.0. The van der Waals surface area contributed by atoms with Crippen molar-refractivity contribution in [1.82, 2.24) is 9.78 Å². The Hall–Kier alpha value is -1.33. The van der Waals surface area contributed by atoms with Crippen LogP contribution in [0.25, 0.3) is 0 Å². The predicted molar refractivity (Wildman–Crippen MR) is 88.4 cm³/mol. The number of aromatic nitrogens is 2. The SMILES string of the molecule is CCc1nn(C)c(COc2ccc(C)cc2C(C)N)c1Br. The molecule has 1 unspecified atom stereocenters. The topological polar surface area (TPSA) is 53.1 Å². The number of aryl methyl sites for hydroxylation is 3. The molecule has 0 saturated heterocycles. The lowest BCUT2D eigenvalue weighted by Gasteiger charge is -2.15. The van der Waals surface area contributed by atoms with Gasteiger partial charge in [0, 0.05) is 18.7 Å². The largest absolute Gasteiger partial charge is 0.487 e. The highest BCUT2D eigenvalue weighted by molar-refractivity contribution is 9.10. The summed E-state index contributed by atoms with van der Waals surface area (Å²) < 4.78 is 8.88. The lowest BCUT2D eigenvalue weighted by atomic mass is 10.1. The first-order valence-electron chi connectivity index (χ1n) is 7.13. The maximum Gasteiger partial charge on any atom is 0.131 e. The van der Waals surface area contributed by atoms with Crippen LogP contribution in [0.5, 0.6) is 5.75 Å². The van der Waals surface area contributed by atoms with Gasteiger partial charge >= 0.3 is 0 Å². The average Bonchev–Trinajstić information content (AvgIpc) is 2.72. The maximum absolute atomic E-state index is 6.03. The van der Waals surface area contributed by atoms with E-state index in [1.807, 2.05) is 30.8 Å². The van der Waals surface area contributed by atoms with Crippen LogP contribution in [0.4, 0.5) is 0 Å². The Balaban J connectivity index is 2.23. The third kappa shape index (κ3) is 3.47. The highest BCUT2D eigenvalue weighted by Crippen LogP contribution is 2.28. The number of halogens is 1. The summed E-state index contributed by atoms with van der Waals surface area (Å²) in [6, 6.07) is 6.05. The van der Waals surface area contributed by atoms with Crippen molar-refractivity contribution < 1.29 is 4.74 Å². The van der Waals surface area contributed by atoms with Crippen LogP contribution in [0.1, 0.15) is 42.4 Å². The highest BCUT2D eigenvalue weighted by atomic mass is 79.9. The summed E-state index contributed by atoms with van der Waals surface area (Å²) in [5, 5.41) is 4.48. The van der Waals surface area contributed by atoms with Gasteiger partial charge in [0.1, 0.15) is 12.4 Å². The Bertz CT molecular complexity index is 635. The molecular weight excluding hydrogens is 330 g/mol. The van der Waals surface area contributed by atoms with E-state index in [9.17, 15) is 0 Å². The Morgan fingerprint density at radius 2 is 2.14 bits per heavy atom. The molecule has 0 aliphatic rings. The standard InChI is InChI=1S/C16H22BrN3O/c1-5-13-16(17)14(20(4)19-13)9-21-15-7-6-10(2)8-12(15)11(3)18/h6-8,11H,5,9,18H2,1-4H3. The zero-order valence-corrected chi connectivity index (χ0v) is 14.6. The number of benzene rings is 1. The summed E-state index contributed by atoms with van der Waals surface area (Å²) in [7, 11) is 1.93. The number of nitrogens with zero attached hydrogens (tertiary/aromatic N) is 2. The van der Waals surface area contributed by atoms with Crippen molar-refractivity contribution in [3.63, 3.8) is 0 Å². The second-order valence-corrected chi connectivity index (χ2v) is 6.10. The lowest BCUT2D eigenvalue weighted by molar-refractivity contribution is 0.289. The van der Waals surface area contributed by atoms with Gasteiger partial charge < -0.3 is 10.5 Å². The molecule has 0 fully saturated rings. The van der Waals surface area contributed by atoms with Crippen molar-refractivity contribution in [1.29, 1.82) is 0 Å². The normalized spacial score (nSPS) is 12.5. The predicted octanol–water partition coefficient (Wildman–Crippen LogP) is 3.65. The quantitative estimate of drug-likeness (QED) is 0.894. The van der Waals surface area contributed by atoms with Crippen molar-refractivity contribution in [2.75, 3.05) is 0 Å². The van der Waals surface area contributed by atoms with Crippen molar-refractivity contribution in [2.45, 2.75) is 39.8 Å². The molecule has 5 heteroatoms. The third-order valence-corrected chi connectivity index (χ3v) is 4.44. The first-order valence-corrected chi connectivity index (χ1v) is 7.92. The summed E-state index contributed by atoms with van der Waals surface area (Å²) in [6.07, 6.45) is 0.893. The second-order valence-electron chi connectivity index (χ2n) is 5.30. The monoisotopic (exact) mass is 351 g/mol. The summed E-state index contributed by atoms with van der Waals surface area (Å²) in [5.41, 5.74) is 10.3. The smallest absolute Gasteiger partial charge is 0.131 e. The van der Waals surface area contributed by atoms with E-state index in [4.69, 9.17) is 10.5 Å². The van der Waals surface area contributed by atoms with Crippen LogP contribution in [0.2, 0.25) is 0 Å². The summed E-state index contributed by atoms with van der Waals surface area (Å²) in [4.78, 5) is 0. The molecule has 21 heavy (non-hydrogen) atoms. The van der Waals surface area contributed by atoms with E-state index in [1.165, 1.54) is 5.56 Å². The number of rotatable bonds is 5. The van der Waals surface area contributed by atoms with Gasteiger partial charge in [-0.1, -0.05) is 24.6 Å². The molecule has 0 amide bonds. The zero-order chi connectivity index (χ0) is 15.6. The number of nitrogens with two attached hydrogens (primary N) is 1. The number of hydrogen-bond acceptors (Lipinski definition) is 3. The molecular formula is C16H22BrN3O. The first-order chi connectivity index (χ1) is 9.93. The van der Waals surface area contributed by atoms with Gasteiger partial charge in [-0.2, -0.15) is 5.10 Å². The van der Waals surface area contributed by atoms with E-state index in [1.54, 1.807) is 0 Å². The minimum Gasteiger partial charge on any atom is -0.487 e. The molecule has 0 bridgehead atoms. The molecule has 2 rings (SSSR count). The molecule has 1 aromatic heterocycles. The van der Waals surface area contributed by atoms with Gasteiger partial charge in [-0.15, -0.1) is 0 Å². The van der Waals surface area contributed by atoms with Crippen LogP contribution in [0.15, 0.2) is 22.7 Å². The minimum atomic E-state index is -0.0546. The molecule has 1 atom stereocenters. The summed E-state index contributed by atoms with van der Waals surface area (Å²) in [6.45, 7) is 6.58. The molecule has 0 saturated carbocycles. The van der Waals surface area contributed by atoms with E-state index < -0.39 is 0 Å². The van der Waals surface area contributed by atoms with Gasteiger partial charge in [-0.3, -0.25) is 4.68 Å². The second kappa shape index (κ2) is 6.62. The van der Waals surface area contributed by atoms with E-state index in [0.29, 0.717) is 6.61 Å². The van der Waals surface area contributed by atoms with Gasteiger partial charge in [0.15, 0.2) is 0 Å². The van der Waals surface area contributed by atoms with Crippen molar-refractivity contribution in [3.8, 4) is 5.75 Å². The average molecular weight is 352 g/mol. The zero-order valence-electron chi connectivity index (χ0n) is 13.0. The molecule has 1 heterocycles. The van der Waals surface area contributed by atoms with Crippen LogP contribution < -0.4 is 10.5 Å². The molecule has 0 aliphatic carbocycles. The van der Waals surface area contributed by atoms with Crippen LogP contribution in [0, 0.1) is 6.92 Å². The van der Waals surface area contributed by atoms with Crippen molar-refractivity contribution >= 4 is 15.9 Å². The highest BCUT2D eigenvalue weighted by Gasteiger charge is 2.14. The van der Waals surface area contributed by atoms with Crippen LogP contribution in [0.3, 0.4) is 0 Å². The third-order valence-electron chi connectivity index (χ3n) is 3.52. The molecule has 1 aromatic carbocycles. The molecule has 0 spiro atoms. The van der Waals surface area contributed by atoms with E-state index >= 15 is 0 Å². The number of ether oxygens (including phenoxy) is 1. The fraction of sp³-hybridized carbons (Fsp3) is 0.438. The Morgan fingerprint density at radius 3 is 2.71 bits per heavy atom. The molecule has 2 aromatic rings. The molecule has 2 N–H and O–H groups in total. The van der Waals surface area contributed by atoms with Crippen molar-refractivity contribution in [2.24, 2.45) is 12.8 Å². The fourth-order valence-corrected chi connectivity index (χ4v) is 3.01.